The molecule has 0 bridgehead atoms. The van der Waals surface area contributed by atoms with Crippen LogP contribution in [0.25, 0.3) is 6.08 Å². The lowest BCUT2D eigenvalue weighted by Gasteiger charge is -2.18. The highest BCUT2D eigenvalue weighted by Gasteiger charge is 2.38. The Hall–Kier alpha value is -3.26. The van der Waals surface area contributed by atoms with Gasteiger partial charge in [-0.3, -0.25) is 9.69 Å². The van der Waals surface area contributed by atoms with Gasteiger partial charge in [-0.2, -0.15) is 0 Å². The second-order valence-electron chi connectivity index (χ2n) is 6.58. The molecule has 0 spiro atoms. The molecule has 4 rings (SSSR count). The first-order chi connectivity index (χ1) is 14.4. The van der Waals surface area contributed by atoms with Gasteiger partial charge in [0, 0.05) is 16.2 Å². The molecule has 2 aromatic rings. The monoisotopic (exact) mass is 471 g/mol. The molecule has 2 aliphatic rings. The lowest BCUT2D eigenvalue weighted by Crippen LogP contribution is -2.24. The van der Waals surface area contributed by atoms with Crippen molar-refractivity contribution in [1.29, 1.82) is 0 Å². The van der Waals surface area contributed by atoms with Crippen LogP contribution < -0.4 is 19.1 Å². The van der Waals surface area contributed by atoms with Crippen LogP contribution in [0, 0.1) is 0 Å². The zero-order valence-electron chi connectivity index (χ0n) is 16.5. The minimum Gasteiger partial charge on any atom is -0.497 e. The van der Waals surface area contributed by atoms with Gasteiger partial charge in [0.15, 0.2) is 11.5 Å². The summed E-state index contributed by atoms with van der Waals surface area (Å²) in [5.41, 5.74) is 2.16. The highest BCUT2D eigenvalue weighted by atomic mass is 79.9. The van der Waals surface area contributed by atoms with Crippen molar-refractivity contribution in [1.82, 2.24) is 0 Å². The molecular weight excluding hydrogens is 454 g/mol. The largest absolute Gasteiger partial charge is 0.497 e. The Kier molecular flexibility index (Phi) is 5.26. The normalized spacial score (nSPS) is 16.5. The number of carbonyl (C=O) groups excluding carboxylic acids is 2. The molecule has 8 heteroatoms. The molecule has 0 unspecified atom stereocenters. The predicted molar refractivity (Wildman–Crippen MR) is 113 cm³/mol. The lowest BCUT2D eigenvalue weighted by atomic mass is 10.0. The second-order valence-corrected chi connectivity index (χ2v) is 7.43. The van der Waals surface area contributed by atoms with Gasteiger partial charge in [-0.05, 0) is 42.8 Å². The minimum absolute atomic E-state index is 0.136. The number of nitrogens with zero attached hydrogens (tertiary/aromatic N) is 1. The van der Waals surface area contributed by atoms with Gasteiger partial charge in [-0.1, -0.05) is 22.0 Å². The molecule has 0 N–H and O–H groups in total. The molecule has 0 atom stereocenters. The number of halogens is 1. The summed E-state index contributed by atoms with van der Waals surface area (Å²) in [5, 5.41) is 0. The van der Waals surface area contributed by atoms with Gasteiger partial charge in [-0.15, -0.1) is 0 Å². The number of esters is 1. The van der Waals surface area contributed by atoms with Gasteiger partial charge in [0.25, 0.3) is 5.91 Å². The molecule has 154 valence electrons. The fraction of sp³-hybridized carbons (Fsp3) is 0.182. The van der Waals surface area contributed by atoms with E-state index in [0.29, 0.717) is 38.7 Å². The number of benzene rings is 2. The van der Waals surface area contributed by atoms with Crippen LogP contribution in [-0.4, -0.2) is 32.9 Å². The van der Waals surface area contributed by atoms with E-state index in [-0.39, 0.29) is 23.8 Å². The third kappa shape index (κ3) is 3.33. The highest BCUT2D eigenvalue weighted by Crippen LogP contribution is 2.40. The molecule has 0 aliphatic carbocycles. The molecule has 30 heavy (non-hydrogen) atoms. The Morgan fingerprint density at radius 3 is 2.60 bits per heavy atom. The van der Waals surface area contributed by atoms with Crippen LogP contribution in [0.5, 0.6) is 17.2 Å². The van der Waals surface area contributed by atoms with Crippen LogP contribution in [0.1, 0.15) is 12.5 Å². The van der Waals surface area contributed by atoms with Crippen molar-refractivity contribution in [2.75, 3.05) is 25.9 Å². The quantitative estimate of drug-likeness (QED) is 0.494. The van der Waals surface area contributed by atoms with Gasteiger partial charge >= 0.3 is 5.97 Å². The van der Waals surface area contributed by atoms with Crippen molar-refractivity contribution < 1.29 is 28.5 Å². The Morgan fingerprint density at radius 1 is 1.17 bits per heavy atom. The van der Waals surface area contributed by atoms with E-state index in [1.165, 1.54) is 12.0 Å². The van der Waals surface area contributed by atoms with E-state index in [1.807, 2.05) is 0 Å². The molecule has 2 aromatic carbocycles. The number of anilines is 1. The third-order valence-electron chi connectivity index (χ3n) is 4.89. The first-order valence-electron chi connectivity index (χ1n) is 9.03. The summed E-state index contributed by atoms with van der Waals surface area (Å²) in [5.74, 6) is 0.851. The molecule has 0 aromatic heterocycles. The zero-order valence-corrected chi connectivity index (χ0v) is 18.1. The predicted octanol–water partition coefficient (Wildman–Crippen LogP) is 4.06. The SMILES string of the molecule is COC(=O)C1=C(C)N(c2cccc(OC)c2)C(=O)C1=Cc1cc2c(cc1Br)OCO2. The van der Waals surface area contributed by atoms with Crippen LogP contribution in [-0.2, 0) is 14.3 Å². The Labute approximate surface area is 181 Å². The summed E-state index contributed by atoms with van der Waals surface area (Å²) in [6.07, 6.45) is 1.64. The van der Waals surface area contributed by atoms with Crippen molar-refractivity contribution in [2.24, 2.45) is 0 Å². The van der Waals surface area contributed by atoms with Gasteiger partial charge in [0.2, 0.25) is 6.79 Å². The van der Waals surface area contributed by atoms with Crippen LogP contribution in [0.15, 0.2) is 57.7 Å². The fourth-order valence-electron chi connectivity index (χ4n) is 3.44. The van der Waals surface area contributed by atoms with E-state index in [1.54, 1.807) is 56.5 Å². The number of carbonyl (C=O) groups is 2. The maximum Gasteiger partial charge on any atom is 0.340 e. The number of fused-ring (bicyclic) bond motifs is 1. The standard InChI is InChI=1S/C22H18BrNO6/c1-12-20(22(26)28-3)16(7-13-8-18-19(10-17(13)23)30-11-29-18)21(25)24(12)14-5-4-6-15(9-14)27-2/h4-10H,11H2,1-3H3. The van der Waals surface area contributed by atoms with Crippen molar-refractivity contribution in [3.05, 3.63) is 63.3 Å². The number of rotatable bonds is 4. The number of ether oxygens (including phenoxy) is 4. The molecule has 1 amide bonds. The van der Waals surface area contributed by atoms with Crippen molar-refractivity contribution in [2.45, 2.75) is 6.92 Å². The van der Waals surface area contributed by atoms with E-state index < -0.39 is 5.97 Å². The van der Waals surface area contributed by atoms with Crippen LogP contribution in [0.4, 0.5) is 5.69 Å². The Morgan fingerprint density at radius 2 is 1.90 bits per heavy atom. The maximum absolute atomic E-state index is 13.4. The molecule has 0 saturated heterocycles. The van der Waals surface area contributed by atoms with E-state index in [4.69, 9.17) is 18.9 Å². The van der Waals surface area contributed by atoms with Crippen LogP contribution in [0.2, 0.25) is 0 Å². The summed E-state index contributed by atoms with van der Waals surface area (Å²) >= 11 is 3.49. The average Bonchev–Trinajstić information content (AvgIpc) is 3.29. The van der Waals surface area contributed by atoms with Crippen molar-refractivity contribution >= 4 is 39.6 Å². The molecule has 2 heterocycles. The zero-order chi connectivity index (χ0) is 21.4. The Balaban J connectivity index is 1.84. The van der Waals surface area contributed by atoms with E-state index in [0.717, 1.165) is 0 Å². The first kappa shape index (κ1) is 20.0. The Bertz CT molecular complexity index is 1120. The first-order valence-corrected chi connectivity index (χ1v) is 9.82. The molecule has 0 saturated carbocycles. The number of hydrogen-bond donors (Lipinski definition) is 0. The average molecular weight is 472 g/mol. The molecule has 0 fully saturated rings. The molecule has 7 nitrogen and oxygen atoms in total. The van der Waals surface area contributed by atoms with Crippen LogP contribution in [0.3, 0.4) is 0 Å². The maximum atomic E-state index is 13.4. The summed E-state index contributed by atoms with van der Waals surface area (Å²) in [6, 6.07) is 10.6. The van der Waals surface area contributed by atoms with Gasteiger partial charge < -0.3 is 18.9 Å². The van der Waals surface area contributed by atoms with E-state index >= 15 is 0 Å². The highest BCUT2D eigenvalue weighted by molar-refractivity contribution is 9.10. The molecule has 0 radical (unpaired) electrons. The van der Waals surface area contributed by atoms with Gasteiger partial charge in [0.1, 0.15) is 5.75 Å². The summed E-state index contributed by atoms with van der Waals surface area (Å²) in [7, 11) is 2.84. The number of methoxy groups -OCH3 is 2. The molecular formula is C22H18BrNO6. The fourth-order valence-corrected chi connectivity index (χ4v) is 3.88. The number of hydrogen-bond acceptors (Lipinski definition) is 6. The van der Waals surface area contributed by atoms with E-state index in [9.17, 15) is 9.59 Å². The van der Waals surface area contributed by atoms with Crippen LogP contribution >= 0.6 is 15.9 Å². The number of allylic oxidation sites excluding steroid dienone is 1. The van der Waals surface area contributed by atoms with Crippen molar-refractivity contribution in [3.63, 3.8) is 0 Å². The third-order valence-corrected chi connectivity index (χ3v) is 5.58. The van der Waals surface area contributed by atoms with E-state index in [2.05, 4.69) is 15.9 Å². The summed E-state index contributed by atoms with van der Waals surface area (Å²) in [6.45, 7) is 1.84. The van der Waals surface area contributed by atoms with Crippen molar-refractivity contribution in [3.8, 4) is 17.2 Å². The second kappa shape index (κ2) is 7.87. The lowest BCUT2D eigenvalue weighted by molar-refractivity contribution is -0.136. The van der Waals surface area contributed by atoms with Gasteiger partial charge in [0.05, 0.1) is 31.1 Å². The molecule has 2 aliphatic heterocycles. The smallest absolute Gasteiger partial charge is 0.340 e. The topological polar surface area (TPSA) is 74.3 Å². The summed E-state index contributed by atoms with van der Waals surface area (Å²) in [4.78, 5) is 27.4. The summed E-state index contributed by atoms with van der Waals surface area (Å²) < 4.78 is 21.7. The van der Waals surface area contributed by atoms with Gasteiger partial charge in [-0.25, -0.2) is 4.79 Å². The number of amides is 1. The minimum atomic E-state index is -0.589.